The molecule has 0 atom stereocenters. The van der Waals surface area contributed by atoms with Gasteiger partial charge in [-0.05, 0) is 25.3 Å². The molecule has 4 nitrogen and oxygen atoms in total. The van der Waals surface area contributed by atoms with Gasteiger partial charge in [0.25, 0.3) is 0 Å². The first kappa shape index (κ1) is 11.1. The van der Waals surface area contributed by atoms with Crippen LogP contribution in [0, 0.1) is 0 Å². The minimum atomic E-state index is -0.553. The van der Waals surface area contributed by atoms with Crippen LogP contribution in [-0.4, -0.2) is 23.5 Å². The lowest BCUT2D eigenvalue weighted by molar-refractivity contribution is -0.151. The van der Waals surface area contributed by atoms with Crippen molar-refractivity contribution in [3.05, 3.63) is 24.0 Å². The average Bonchev–Trinajstić information content (AvgIpc) is 2.21. The van der Waals surface area contributed by atoms with Gasteiger partial charge < -0.3 is 10.5 Å². The second kappa shape index (κ2) is 4.22. The Bertz CT molecular complexity index is 394. The molecule has 1 aromatic rings. The van der Waals surface area contributed by atoms with Gasteiger partial charge in [0.2, 0.25) is 0 Å². The summed E-state index contributed by atoms with van der Waals surface area (Å²) in [5.74, 6) is 0.112. The lowest BCUT2D eigenvalue weighted by Gasteiger charge is -2.38. The third-order valence-corrected chi connectivity index (χ3v) is 3.35. The van der Waals surface area contributed by atoms with E-state index in [1.54, 1.807) is 25.6 Å². The summed E-state index contributed by atoms with van der Waals surface area (Å²) in [5.41, 5.74) is 6.63. The summed E-state index contributed by atoms with van der Waals surface area (Å²) in [5, 5.41) is 0. The van der Waals surface area contributed by atoms with Gasteiger partial charge >= 0.3 is 0 Å². The van der Waals surface area contributed by atoms with Gasteiger partial charge in [-0.2, -0.15) is 0 Å². The minimum absolute atomic E-state index is 0.112. The van der Waals surface area contributed by atoms with Crippen LogP contribution >= 0.6 is 0 Å². The molecule has 1 fully saturated rings. The molecule has 0 aromatic carbocycles. The molecule has 0 saturated heterocycles. The van der Waals surface area contributed by atoms with Crippen molar-refractivity contribution in [1.29, 1.82) is 0 Å². The molecule has 86 valence electrons. The maximum Gasteiger partial charge on any atom is 0.169 e. The highest BCUT2D eigenvalue weighted by atomic mass is 16.5. The first-order valence-corrected chi connectivity index (χ1v) is 5.45. The number of methoxy groups -OCH3 is 1. The Balaban J connectivity index is 2.10. The van der Waals surface area contributed by atoms with Crippen molar-refractivity contribution in [3.63, 3.8) is 0 Å². The summed E-state index contributed by atoms with van der Waals surface area (Å²) in [4.78, 5) is 16.1. The molecule has 16 heavy (non-hydrogen) atoms. The highest BCUT2D eigenvalue weighted by Gasteiger charge is 2.43. The number of Topliss-reactive ketones (excluding diaryl/α,β-unsaturated/α-hetero) is 1. The number of aromatic nitrogens is 1. The van der Waals surface area contributed by atoms with Crippen molar-refractivity contribution in [2.75, 3.05) is 12.8 Å². The van der Waals surface area contributed by atoms with Crippen molar-refractivity contribution in [3.8, 4) is 0 Å². The molecule has 2 rings (SSSR count). The molecule has 1 aliphatic rings. The first-order chi connectivity index (χ1) is 7.68. The number of rotatable bonds is 4. The number of hydrogen-bond donors (Lipinski definition) is 1. The molecule has 0 bridgehead atoms. The zero-order chi connectivity index (χ0) is 11.6. The minimum Gasteiger partial charge on any atom is -0.398 e. The maximum absolute atomic E-state index is 12.1. The van der Waals surface area contributed by atoms with Crippen molar-refractivity contribution < 1.29 is 9.53 Å². The van der Waals surface area contributed by atoms with E-state index in [-0.39, 0.29) is 5.78 Å². The smallest absolute Gasteiger partial charge is 0.169 e. The largest absolute Gasteiger partial charge is 0.398 e. The van der Waals surface area contributed by atoms with Gasteiger partial charge in [-0.15, -0.1) is 0 Å². The van der Waals surface area contributed by atoms with Crippen LogP contribution in [0.15, 0.2) is 18.5 Å². The lowest BCUT2D eigenvalue weighted by Crippen LogP contribution is -2.47. The number of ketones is 1. The second-order valence-electron chi connectivity index (χ2n) is 4.23. The summed E-state index contributed by atoms with van der Waals surface area (Å²) in [7, 11) is 1.60. The van der Waals surface area contributed by atoms with E-state index in [4.69, 9.17) is 10.5 Å². The van der Waals surface area contributed by atoms with E-state index in [1.807, 2.05) is 0 Å². The molecule has 0 aliphatic heterocycles. The first-order valence-electron chi connectivity index (χ1n) is 5.45. The summed E-state index contributed by atoms with van der Waals surface area (Å²) in [6.45, 7) is 0. The van der Waals surface area contributed by atoms with Crippen LogP contribution in [0.25, 0.3) is 0 Å². The SMILES string of the molecule is COC1(C(=O)Cc2cnccc2N)CCC1. The fourth-order valence-electron chi connectivity index (χ4n) is 2.01. The standard InChI is InChI=1S/C12H16N2O2/c1-16-12(4-2-5-12)11(15)7-9-8-14-6-3-10(9)13/h3,6,8H,2,4-5,7H2,1H3,(H2,13,14). The van der Waals surface area contributed by atoms with Crippen molar-refractivity contribution in [2.24, 2.45) is 0 Å². The van der Waals surface area contributed by atoms with Crippen molar-refractivity contribution >= 4 is 11.5 Å². The monoisotopic (exact) mass is 220 g/mol. The van der Waals surface area contributed by atoms with Crippen LogP contribution in [0.3, 0.4) is 0 Å². The van der Waals surface area contributed by atoms with Crippen LogP contribution < -0.4 is 5.73 Å². The summed E-state index contributed by atoms with van der Waals surface area (Å²) < 4.78 is 5.34. The number of carbonyl (C=O) groups excluding carboxylic acids is 1. The van der Waals surface area contributed by atoms with E-state index >= 15 is 0 Å². The van der Waals surface area contributed by atoms with E-state index in [0.717, 1.165) is 24.8 Å². The zero-order valence-corrected chi connectivity index (χ0v) is 9.40. The molecule has 1 saturated carbocycles. The van der Waals surface area contributed by atoms with Gasteiger partial charge in [-0.25, -0.2) is 0 Å². The Morgan fingerprint density at radius 1 is 1.62 bits per heavy atom. The number of nitrogens with two attached hydrogens (primary N) is 1. The van der Waals surface area contributed by atoms with Crippen LogP contribution in [0.1, 0.15) is 24.8 Å². The summed E-state index contributed by atoms with van der Waals surface area (Å²) in [6, 6.07) is 1.71. The fraction of sp³-hybridized carbons (Fsp3) is 0.500. The lowest BCUT2D eigenvalue weighted by atomic mass is 9.75. The quantitative estimate of drug-likeness (QED) is 0.831. The maximum atomic E-state index is 12.1. The topological polar surface area (TPSA) is 65.2 Å². The summed E-state index contributed by atoms with van der Waals surface area (Å²) >= 11 is 0. The zero-order valence-electron chi connectivity index (χ0n) is 9.40. The molecule has 0 amide bonds. The van der Waals surface area contributed by atoms with Gasteiger partial charge in [0, 0.05) is 37.2 Å². The van der Waals surface area contributed by atoms with Crippen LogP contribution in [0.5, 0.6) is 0 Å². The Labute approximate surface area is 94.8 Å². The van der Waals surface area contributed by atoms with E-state index < -0.39 is 5.60 Å². The van der Waals surface area contributed by atoms with Gasteiger partial charge in [0.1, 0.15) is 5.60 Å². The number of hydrogen-bond acceptors (Lipinski definition) is 4. The van der Waals surface area contributed by atoms with Crippen molar-refractivity contribution in [2.45, 2.75) is 31.3 Å². The number of ether oxygens (including phenoxy) is 1. The molecule has 1 aromatic heterocycles. The van der Waals surface area contributed by atoms with Gasteiger partial charge in [0.15, 0.2) is 5.78 Å². The molecule has 0 spiro atoms. The third kappa shape index (κ3) is 1.80. The Hall–Kier alpha value is -1.42. The van der Waals surface area contributed by atoms with E-state index in [2.05, 4.69) is 4.98 Å². The average molecular weight is 220 g/mol. The Morgan fingerprint density at radius 3 is 2.88 bits per heavy atom. The van der Waals surface area contributed by atoms with Gasteiger partial charge in [0.05, 0.1) is 0 Å². The second-order valence-corrected chi connectivity index (χ2v) is 4.23. The molecule has 0 radical (unpaired) electrons. The highest BCUT2D eigenvalue weighted by molar-refractivity contribution is 5.90. The van der Waals surface area contributed by atoms with Gasteiger partial charge in [-0.1, -0.05) is 0 Å². The molecule has 0 unspecified atom stereocenters. The predicted octanol–water partition coefficient (Wildman–Crippen LogP) is 1.34. The molecule has 1 heterocycles. The third-order valence-electron chi connectivity index (χ3n) is 3.35. The Morgan fingerprint density at radius 2 is 2.38 bits per heavy atom. The van der Waals surface area contributed by atoms with Crippen molar-refractivity contribution in [1.82, 2.24) is 4.98 Å². The normalized spacial score (nSPS) is 17.8. The number of nitrogens with zero attached hydrogens (tertiary/aromatic N) is 1. The van der Waals surface area contributed by atoms with E-state index in [9.17, 15) is 4.79 Å². The molecular formula is C12H16N2O2. The van der Waals surface area contributed by atoms with E-state index in [1.165, 1.54) is 0 Å². The Kier molecular flexibility index (Phi) is 2.92. The summed E-state index contributed by atoms with van der Waals surface area (Å²) in [6.07, 6.45) is 6.29. The van der Waals surface area contributed by atoms with Gasteiger partial charge in [-0.3, -0.25) is 9.78 Å². The van der Waals surface area contributed by atoms with E-state index in [0.29, 0.717) is 12.1 Å². The fourth-order valence-corrected chi connectivity index (χ4v) is 2.01. The number of carbonyl (C=O) groups is 1. The number of anilines is 1. The molecule has 2 N–H and O–H groups in total. The van der Waals surface area contributed by atoms with Crippen LogP contribution in [-0.2, 0) is 16.0 Å². The number of nitrogen functional groups attached to an aromatic ring is 1. The predicted molar refractivity (Wildman–Crippen MR) is 61.0 cm³/mol. The molecule has 4 heteroatoms. The molecule has 1 aliphatic carbocycles. The molecular weight excluding hydrogens is 204 g/mol. The highest BCUT2D eigenvalue weighted by Crippen LogP contribution is 2.36. The van der Waals surface area contributed by atoms with Crippen LogP contribution in [0.4, 0.5) is 5.69 Å². The van der Waals surface area contributed by atoms with Crippen LogP contribution in [0.2, 0.25) is 0 Å². The number of pyridine rings is 1.